The fraction of sp³-hybridized carbons (Fsp3) is 0.227. The minimum Gasteiger partial charge on any atom is -0.484 e. The highest BCUT2D eigenvalue weighted by molar-refractivity contribution is 5.79. The zero-order chi connectivity index (χ0) is 20.4. The number of carbonyl (C=O) groups is 1. The maximum absolute atomic E-state index is 12.2. The number of fused-ring (bicyclic) bond motifs is 2. The molecule has 0 bridgehead atoms. The van der Waals surface area contributed by atoms with Gasteiger partial charge in [0, 0.05) is 42.5 Å². The summed E-state index contributed by atoms with van der Waals surface area (Å²) >= 11 is 0. The molecule has 0 radical (unpaired) electrons. The summed E-state index contributed by atoms with van der Waals surface area (Å²) in [4.78, 5) is 27.7. The van der Waals surface area contributed by atoms with Crippen molar-refractivity contribution in [2.75, 3.05) is 0 Å². The average molecular weight is 392 g/mol. The van der Waals surface area contributed by atoms with Gasteiger partial charge in [-0.3, -0.25) is 10.3 Å². The molecule has 0 spiro atoms. The zero-order valence-electron chi connectivity index (χ0n) is 16.0. The maximum atomic E-state index is 12.2. The van der Waals surface area contributed by atoms with Gasteiger partial charge in [-0.2, -0.15) is 0 Å². The van der Waals surface area contributed by atoms with Gasteiger partial charge in [-0.25, -0.2) is 9.59 Å². The molecule has 1 atom stereocenters. The van der Waals surface area contributed by atoms with Crippen LogP contribution in [0, 0.1) is 0 Å². The van der Waals surface area contributed by atoms with Gasteiger partial charge in [-0.15, -0.1) is 0 Å². The number of nitrogens with one attached hydrogen (secondary N) is 1. The van der Waals surface area contributed by atoms with Crippen LogP contribution >= 0.6 is 0 Å². The first-order valence-corrected chi connectivity index (χ1v) is 9.20. The lowest BCUT2D eigenvalue weighted by Crippen LogP contribution is -2.49. The molecule has 1 amide bonds. The molecule has 7 nitrogen and oxygen atoms in total. The number of aromatic nitrogens is 1. The van der Waals surface area contributed by atoms with Crippen molar-refractivity contribution in [1.29, 1.82) is 0 Å². The molecule has 29 heavy (non-hydrogen) atoms. The molecule has 0 aliphatic carbocycles. The number of nitrogens with zero attached hydrogens (tertiary/aromatic N) is 1. The van der Waals surface area contributed by atoms with Crippen molar-refractivity contribution in [3.05, 3.63) is 76.5 Å². The number of ether oxygens (including phenoxy) is 2. The van der Waals surface area contributed by atoms with Gasteiger partial charge in [0.1, 0.15) is 23.0 Å². The summed E-state index contributed by atoms with van der Waals surface area (Å²) in [5, 5.41) is 3.39. The van der Waals surface area contributed by atoms with E-state index < -0.39 is 23.4 Å². The Kier molecular flexibility index (Phi) is 4.80. The number of rotatable bonds is 3. The van der Waals surface area contributed by atoms with Gasteiger partial charge in [0.15, 0.2) is 0 Å². The van der Waals surface area contributed by atoms with Crippen molar-refractivity contribution in [3.63, 3.8) is 0 Å². The van der Waals surface area contributed by atoms with Gasteiger partial charge in [0.2, 0.25) is 0 Å². The van der Waals surface area contributed by atoms with E-state index >= 15 is 0 Å². The van der Waals surface area contributed by atoms with Gasteiger partial charge in [0.25, 0.3) is 0 Å². The van der Waals surface area contributed by atoms with Gasteiger partial charge in [0.05, 0.1) is 0 Å². The number of pyridine rings is 1. The lowest BCUT2D eigenvalue weighted by molar-refractivity contribution is -0.0486. The second kappa shape index (κ2) is 7.43. The van der Waals surface area contributed by atoms with Crippen LogP contribution in [0.3, 0.4) is 0 Å². The van der Waals surface area contributed by atoms with Gasteiger partial charge in [-0.05, 0) is 49.2 Å². The highest BCUT2D eigenvalue weighted by atomic mass is 16.6. The first-order chi connectivity index (χ1) is 13.9. The second-order valence-electron chi connectivity index (χ2n) is 7.32. The van der Waals surface area contributed by atoms with Crippen molar-refractivity contribution >= 4 is 23.1 Å². The Hall–Kier alpha value is -3.61. The van der Waals surface area contributed by atoms with Crippen LogP contribution in [0.4, 0.5) is 4.79 Å². The van der Waals surface area contributed by atoms with E-state index in [9.17, 15) is 9.59 Å². The summed E-state index contributed by atoms with van der Waals surface area (Å²) in [6.45, 7) is 3.70. The number of hydrogen-bond donors (Lipinski definition) is 1. The molecular weight excluding hydrogens is 372 g/mol. The summed E-state index contributed by atoms with van der Waals surface area (Å²) in [5.74, 6) is 0.619. The van der Waals surface area contributed by atoms with Crippen LogP contribution in [0.2, 0.25) is 0 Å². The molecule has 7 heteroatoms. The molecule has 3 heterocycles. The molecular formula is C22H20N2O5. The quantitative estimate of drug-likeness (QED) is 0.684. The summed E-state index contributed by atoms with van der Waals surface area (Å²) in [7, 11) is 0. The normalized spacial score (nSPS) is 17.5. The van der Waals surface area contributed by atoms with E-state index in [2.05, 4.69) is 10.3 Å². The van der Waals surface area contributed by atoms with Crippen LogP contribution in [0.1, 0.15) is 25.0 Å². The van der Waals surface area contributed by atoms with E-state index in [0.717, 1.165) is 16.5 Å². The summed E-state index contributed by atoms with van der Waals surface area (Å²) in [6.07, 6.45) is 6.03. The second-order valence-corrected chi connectivity index (χ2v) is 7.32. The molecule has 0 saturated heterocycles. The van der Waals surface area contributed by atoms with E-state index in [1.807, 2.05) is 32.0 Å². The number of alkyl carbamates (subject to hydrolysis) is 1. The monoisotopic (exact) mass is 392 g/mol. The summed E-state index contributed by atoms with van der Waals surface area (Å²) < 4.78 is 16.9. The van der Waals surface area contributed by atoms with E-state index in [1.54, 1.807) is 30.6 Å². The molecule has 0 saturated carbocycles. The average Bonchev–Trinajstić information content (AvgIpc) is 2.68. The molecule has 2 aromatic heterocycles. The fourth-order valence-electron chi connectivity index (χ4n) is 3.22. The number of benzene rings is 1. The molecule has 148 valence electrons. The molecule has 1 N–H and O–H groups in total. The van der Waals surface area contributed by atoms with Crippen molar-refractivity contribution in [2.24, 2.45) is 0 Å². The minimum atomic E-state index is -0.750. The third-order valence-corrected chi connectivity index (χ3v) is 4.77. The number of amides is 1. The highest BCUT2D eigenvalue weighted by Crippen LogP contribution is 2.37. The molecule has 0 fully saturated rings. The predicted molar refractivity (Wildman–Crippen MR) is 108 cm³/mol. The first-order valence-electron chi connectivity index (χ1n) is 9.20. The Bertz CT molecular complexity index is 1130. The Balaban J connectivity index is 1.48. The van der Waals surface area contributed by atoms with E-state index in [1.165, 1.54) is 12.3 Å². The van der Waals surface area contributed by atoms with Crippen LogP contribution < -0.4 is 15.7 Å². The minimum absolute atomic E-state index is 0.412. The SMILES string of the molecule is CC1(C)Oc2cc3oc(=O)ccc3cc2C[C@@H]1OC(=O)N/C=C/c1cccnc1. The summed E-state index contributed by atoms with van der Waals surface area (Å²) in [6, 6.07) is 10.4. The Morgan fingerprint density at radius 2 is 2.17 bits per heavy atom. The van der Waals surface area contributed by atoms with Crippen LogP contribution in [0.5, 0.6) is 5.75 Å². The largest absolute Gasteiger partial charge is 0.484 e. The molecule has 1 aliphatic rings. The standard InChI is InChI=1S/C22H20N2O5/c1-22(2)19(28-21(26)24-9-7-14-4-3-8-23-13-14)11-16-10-15-5-6-20(25)27-17(15)12-18(16)29-22/h3-10,12-13,19H,11H2,1-2H3,(H,24,26)/b9-7+/t19-/m0/s1. The highest BCUT2D eigenvalue weighted by Gasteiger charge is 2.40. The number of hydrogen-bond acceptors (Lipinski definition) is 6. The third-order valence-electron chi connectivity index (χ3n) is 4.77. The van der Waals surface area contributed by atoms with Crippen molar-refractivity contribution in [3.8, 4) is 5.75 Å². The van der Waals surface area contributed by atoms with Gasteiger partial charge >= 0.3 is 11.7 Å². The third kappa shape index (κ3) is 4.13. The van der Waals surface area contributed by atoms with Crippen LogP contribution in [-0.2, 0) is 11.2 Å². The first kappa shape index (κ1) is 18.7. The molecule has 1 aliphatic heterocycles. The molecule has 0 unspecified atom stereocenters. The Morgan fingerprint density at radius 3 is 2.97 bits per heavy atom. The lowest BCUT2D eigenvalue weighted by atomic mass is 9.90. The number of carbonyl (C=O) groups excluding carboxylic acids is 1. The Morgan fingerprint density at radius 1 is 1.31 bits per heavy atom. The van der Waals surface area contributed by atoms with E-state index in [0.29, 0.717) is 17.8 Å². The van der Waals surface area contributed by atoms with Crippen molar-refractivity contribution in [1.82, 2.24) is 10.3 Å². The van der Waals surface area contributed by atoms with Crippen molar-refractivity contribution in [2.45, 2.75) is 32.0 Å². The van der Waals surface area contributed by atoms with Crippen LogP contribution in [0.25, 0.3) is 17.0 Å². The topological polar surface area (TPSA) is 90.7 Å². The molecule has 3 aromatic rings. The van der Waals surface area contributed by atoms with Gasteiger partial charge in [-0.1, -0.05) is 6.07 Å². The molecule has 1 aromatic carbocycles. The molecule has 4 rings (SSSR count). The van der Waals surface area contributed by atoms with E-state index in [4.69, 9.17) is 13.9 Å². The van der Waals surface area contributed by atoms with Gasteiger partial charge < -0.3 is 13.9 Å². The predicted octanol–water partition coefficient (Wildman–Crippen LogP) is 3.67. The van der Waals surface area contributed by atoms with E-state index in [-0.39, 0.29) is 0 Å². The zero-order valence-corrected chi connectivity index (χ0v) is 16.0. The maximum Gasteiger partial charge on any atom is 0.411 e. The van der Waals surface area contributed by atoms with Crippen LogP contribution in [-0.4, -0.2) is 22.8 Å². The van der Waals surface area contributed by atoms with Crippen LogP contribution in [0.15, 0.2) is 64.2 Å². The lowest BCUT2D eigenvalue weighted by Gasteiger charge is -2.39. The Labute approximate surface area is 167 Å². The fourth-order valence-corrected chi connectivity index (χ4v) is 3.22. The summed E-state index contributed by atoms with van der Waals surface area (Å²) in [5.41, 5.74) is 1.05. The smallest absolute Gasteiger partial charge is 0.411 e. The van der Waals surface area contributed by atoms with Crippen molar-refractivity contribution < 1.29 is 18.7 Å².